The van der Waals surface area contributed by atoms with Crippen LogP contribution in [-0.4, -0.2) is 80.5 Å². The van der Waals surface area contributed by atoms with Crippen molar-refractivity contribution in [2.24, 2.45) is 0 Å². The number of hydrogen-bond donors (Lipinski definition) is 1. The molecule has 4 rings (SSSR count). The summed E-state index contributed by atoms with van der Waals surface area (Å²) in [6, 6.07) is 12.9. The second-order valence-electron chi connectivity index (χ2n) is 11.0. The number of aryl methyl sites for hydroxylation is 1. The van der Waals surface area contributed by atoms with Crippen molar-refractivity contribution in [3.8, 4) is 5.75 Å². The highest BCUT2D eigenvalue weighted by Crippen LogP contribution is 2.32. The molecule has 218 valence electrons. The van der Waals surface area contributed by atoms with Crippen LogP contribution in [0.4, 0.5) is 0 Å². The number of nitrogens with zero attached hydrogens (tertiary/aromatic N) is 2. The normalized spacial score (nSPS) is 20.1. The number of carbonyl (C=O) groups is 2. The Morgan fingerprint density at radius 3 is 2.27 bits per heavy atom. The fourth-order valence-electron chi connectivity index (χ4n) is 5.37. The molecule has 1 amide bonds. The molecule has 0 unspecified atom stereocenters. The van der Waals surface area contributed by atoms with Gasteiger partial charge in [0.2, 0.25) is 0 Å². The Hall–Kier alpha value is -2.95. The van der Waals surface area contributed by atoms with Crippen molar-refractivity contribution in [1.82, 2.24) is 14.5 Å². The van der Waals surface area contributed by atoms with Crippen LogP contribution in [-0.2, 0) is 30.8 Å². The molecule has 2 heterocycles. The van der Waals surface area contributed by atoms with E-state index in [1.54, 1.807) is 19.1 Å². The van der Waals surface area contributed by atoms with Gasteiger partial charge in [-0.05, 0) is 89.9 Å². The van der Waals surface area contributed by atoms with Crippen LogP contribution in [0.2, 0.25) is 0 Å². The van der Waals surface area contributed by atoms with Crippen molar-refractivity contribution in [2.45, 2.75) is 75.5 Å². The number of piperidine rings is 1. The first-order valence-electron chi connectivity index (χ1n) is 14.1. The maximum Gasteiger partial charge on any atom is 0.333 e. The van der Waals surface area contributed by atoms with E-state index in [1.165, 1.54) is 19.1 Å². The van der Waals surface area contributed by atoms with Crippen LogP contribution in [0.1, 0.15) is 50.7 Å². The Bertz CT molecular complexity index is 1270. The summed E-state index contributed by atoms with van der Waals surface area (Å²) in [6.45, 7) is 7.60. The van der Waals surface area contributed by atoms with E-state index in [-0.39, 0.29) is 24.0 Å². The molecule has 9 nitrogen and oxygen atoms in total. The Labute approximate surface area is 237 Å². The zero-order chi connectivity index (χ0) is 28.9. The lowest BCUT2D eigenvalue weighted by atomic mass is 9.92. The molecule has 10 heteroatoms. The van der Waals surface area contributed by atoms with Crippen LogP contribution in [0, 0.1) is 6.92 Å². The first kappa shape index (κ1) is 30.0. The molecular weight excluding hydrogens is 530 g/mol. The molecule has 1 N–H and O–H groups in total. The Balaban J connectivity index is 1.69. The highest BCUT2D eigenvalue weighted by molar-refractivity contribution is 7.89. The number of ether oxygens (including phenoxy) is 2. The number of likely N-dealkylation sites (tertiary alicyclic amines) is 1. The molecule has 0 aromatic heterocycles. The summed E-state index contributed by atoms with van der Waals surface area (Å²) >= 11 is 0. The lowest BCUT2D eigenvalue weighted by Gasteiger charge is -2.39. The first-order valence-corrected chi connectivity index (χ1v) is 15.5. The van der Waals surface area contributed by atoms with E-state index in [0.29, 0.717) is 24.3 Å². The smallest absolute Gasteiger partial charge is 0.333 e. The lowest BCUT2D eigenvalue weighted by Crippen LogP contribution is -2.62. The van der Waals surface area contributed by atoms with Crippen molar-refractivity contribution in [2.75, 3.05) is 33.3 Å². The highest BCUT2D eigenvalue weighted by Gasteiger charge is 2.52. The predicted molar refractivity (Wildman–Crippen MR) is 153 cm³/mol. The Morgan fingerprint density at radius 2 is 1.70 bits per heavy atom. The summed E-state index contributed by atoms with van der Waals surface area (Å²) in [5.41, 5.74) is -0.259. The van der Waals surface area contributed by atoms with E-state index < -0.39 is 33.5 Å². The number of nitrogens with one attached hydrogen (secondary N) is 1. The molecule has 2 saturated heterocycles. The Morgan fingerprint density at radius 1 is 1.05 bits per heavy atom. The van der Waals surface area contributed by atoms with Gasteiger partial charge in [-0.2, -0.15) is 0 Å². The van der Waals surface area contributed by atoms with Crippen LogP contribution < -0.4 is 10.1 Å². The maximum atomic E-state index is 14.1. The summed E-state index contributed by atoms with van der Waals surface area (Å²) in [7, 11) is -2.31. The van der Waals surface area contributed by atoms with Gasteiger partial charge in [0.05, 0.1) is 17.5 Å². The fraction of sp³-hybridized carbons (Fsp3) is 0.533. The number of sulfonamides is 1. The van der Waals surface area contributed by atoms with Gasteiger partial charge in [0.25, 0.3) is 15.9 Å². The van der Waals surface area contributed by atoms with Gasteiger partial charge in [-0.25, -0.2) is 17.5 Å². The number of esters is 1. The third-order valence-electron chi connectivity index (χ3n) is 7.72. The SMILES string of the molecule is CCOC(=O)[C@](C)(Cc1ccc(OC2CCN(C)CC2)cc1)N(C(=O)[C@@H]1CCCN1)S(=O)(=O)c1ccc(C)cc1. The third kappa shape index (κ3) is 6.67. The third-order valence-corrected chi connectivity index (χ3v) is 9.65. The van der Waals surface area contributed by atoms with Crippen molar-refractivity contribution < 1.29 is 27.5 Å². The topological polar surface area (TPSA) is 105 Å². The van der Waals surface area contributed by atoms with Gasteiger partial charge in [-0.3, -0.25) is 4.79 Å². The second kappa shape index (κ2) is 12.7. The summed E-state index contributed by atoms with van der Waals surface area (Å²) in [5, 5.41) is 3.10. The zero-order valence-corrected chi connectivity index (χ0v) is 24.7. The molecule has 2 atom stereocenters. The van der Waals surface area contributed by atoms with Crippen LogP contribution in [0.3, 0.4) is 0 Å². The van der Waals surface area contributed by atoms with Crippen molar-refractivity contribution in [1.29, 1.82) is 0 Å². The molecule has 0 aliphatic carbocycles. The van der Waals surface area contributed by atoms with Gasteiger partial charge < -0.3 is 19.7 Å². The highest BCUT2D eigenvalue weighted by atomic mass is 32.2. The molecule has 0 radical (unpaired) electrons. The number of hydrogen-bond acceptors (Lipinski definition) is 8. The molecular formula is C30H41N3O6S. The molecule has 0 saturated carbocycles. The molecule has 2 aromatic carbocycles. The molecule has 0 bridgehead atoms. The molecule has 2 aromatic rings. The second-order valence-corrected chi connectivity index (χ2v) is 12.8. The average Bonchev–Trinajstić information content (AvgIpc) is 3.47. The molecule has 2 aliphatic heterocycles. The van der Waals surface area contributed by atoms with E-state index in [9.17, 15) is 18.0 Å². The van der Waals surface area contributed by atoms with Crippen LogP contribution in [0.5, 0.6) is 5.75 Å². The van der Waals surface area contributed by atoms with Gasteiger partial charge in [-0.15, -0.1) is 0 Å². The van der Waals surface area contributed by atoms with Crippen molar-refractivity contribution in [3.05, 3.63) is 59.7 Å². The minimum absolute atomic E-state index is 0.0477. The van der Waals surface area contributed by atoms with E-state index >= 15 is 0 Å². The van der Waals surface area contributed by atoms with Crippen molar-refractivity contribution in [3.63, 3.8) is 0 Å². The monoisotopic (exact) mass is 571 g/mol. The van der Waals surface area contributed by atoms with E-state index in [4.69, 9.17) is 9.47 Å². The number of amides is 1. The molecule has 2 aliphatic rings. The van der Waals surface area contributed by atoms with E-state index in [0.717, 1.165) is 42.2 Å². The predicted octanol–water partition coefficient (Wildman–Crippen LogP) is 3.30. The molecule has 2 fully saturated rings. The van der Waals surface area contributed by atoms with Crippen LogP contribution in [0.25, 0.3) is 0 Å². The quantitative estimate of drug-likeness (QED) is 0.433. The summed E-state index contributed by atoms with van der Waals surface area (Å²) in [5.74, 6) is -0.717. The van der Waals surface area contributed by atoms with Gasteiger partial charge in [-0.1, -0.05) is 29.8 Å². The molecule has 0 spiro atoms. The van der Waals surface area contributed by atoms with Crippen LogP contribution in [0.15, 0.2) is 53.4 Å². The fourth-order valence-corrected chi connectivity index (χ4v) is 7.10. The largest absolute Gasteiger partial charge is 0.490 e. The van der Waals surface area contributed by atoms with Crippen LogP contribution >= 0.6 is 0 Å². The summed E-state index contributed by atoms with van der Waals surface area (Å²) < 4.78 is 40.6. The molecule has 40 heavy (non-hydrogen) atoms. The Kier molecular flexibility index (Phi) is 9.53. The van der Waals surface area contributed by atoms with Gasteiger partial charge in [0, 0.05) is 19.5 Å². The number of carbonyl (C=O) groups excluding carboxylic acids is 2. The summed E-state index contributed by atoms with van der Waals surface area (Å²) in [4.78, 5) is 29.7. The van der Waals surface area contributed by atoms with Gasteiger partial charge >= 0.3 is 5.97 Å². The van der Waals surface area contributed by atoms with E-state index in [2.05, 4.69) is 17.3 Å². The van der Waals surface area contributed by atoms with Crippen molar-refractivity contribution >= 4 is 21.9 Å². The number of benzene rings is 2. The van der Waals surface area contributed by atoms with Gasteiger partial charge in [0.15, 0.2) is 5.54 Å². The lowest BCUT2D eigenvalue weighted by molar-refractivity contribution is -0.158. The van der Waals surface area contributed by atoms with Gasteiger partial charge in [0.1, 0.15) is 11.9 Å². The standard InChI is InChI=1S/C30H41N3O6S/c1-5-38-29(35)30(3,21-23-10-12-24(13-11-23)39-25-16-19-32(4)20-17-25)33(28(34)27-7-6-18-31-27)40(36,37)26-14-8-22(2)9-15-26/h8-15,25,27,31H,5-7,16-21H2,1-4H3/t27-,30-/m0/s1. The zero-order valence-electron chi connectivity index (χ0n) is 23.9. The maximum absolute atomic E-state index is 14.1. The minimum atomic E-state index is -4.41. The number of rotatable bonds is 10. The average molecular weight is 572 g/mol. The summed E-state index contributed by atoms with van der Waals surface area (Å²) in [6.07, 6.45) is 3.21. The minimum Gasteiger partial charge on any atom is -0.490 e. The van der Waals surface area contributed by atoms with E-state index in [1.807, 2.05) is 31.2 Å². The first-order chi connectivity index (χ1) is 19.0.